The lowest BCUT2D eigenvalue weighted by Gasteiger charge is -2.22. The molecule has 0 saturated carbocycles. The number of rotatable bonds is 3. The van der Waals surface area contributed by atoms with Crippen LogP contribution in [0.1, 0.15) is 5.56 Å². The van der Waals surface area contributed by atoms with Crippen molar-refractivity contribution in [2.75, 3.05) is 17.7 Å². The first-order valence-corrected chi connectivity index (χ1v) is 6.43. The van der Waals surface area contributed by atoms with Gasteiger partial charge in [0.05, 0.1) is 21.4 Å². The molecule has 100 valence electrons. The predicted octanol–water partition coefficient (Wildman–Crippen LogP) is 4.35. The van der Waals surface area contributed by atoms with E-state index in [1.807, 2.05) is 11.9 Å². The SMILES string of the molecule is CN(Cc1ccc(F)cc1)c1cc(Cl)c(Cl)cc1N. The largest absolute Gasteiger partial charge is 0.397 e. The third kappa shape index (κ3) is 3.31. The van der Waals surface area contributed by atoms with Crippen molar-refractivity contribution in [1.29, 1.82) is 0 Å². The Hall–Kier alpha value is -1.45. The average Bonchev–Trinajstić information content (AvgIpc) is 2.36. The third-order valence-corrected chi connectivity index (χ3v) is 3.54. The van der Waals surface area contributed by atoms with Gasteiger partial charge in [-0.1, -0.05) is 35.3 Å². The van der Waals surface area contributed by atoms with Gasteiger partial charge in [-0.05, 0) is 29.8 Å². The molecule has 0 aromatic heterocycles. The summed E-state index contributed by atoms with van der Waals surface area (Å²) in [4.78, 5) is 1.94. The molecule has 2 N–H and O–H groups in total. The smallest absolute Gasteiger partial charge is 0.123 e. The molecular formula is C14H13Cl2FN2. The van der Waals surface area contributed by atoms with Crippen LogP contribution in [0.4, 0.5) is 15.8 Å². The van der Waals surface area contributed by atoms with Gasteiger partial charge in [0.25, 0.3) is 0 Å². The van der Waals surface area contributed by atoms with Gasteiger partial charge in [-0.25, -0.2) is 4.39 Å². The summed E-state index contributed by atoms with van der Waals surface area (Å²) in [5.74, 6) is -0.250. The molecule has 0 heterocycles. The number of anilines is 2. The van der Waals surface area contributed by atoms with Crippen LogP contribution < -0.4 is 10.6 Å². The molecule has 0 radical (unpaired) electrons. The number of nitrogen functional groups attached to an aromatic ring is 1. The summed E-state index contributed by atoms with van der Waals surface area (Å²) in [6, 6.07) is 9.69. The Bertz CT molecular complexity index is 585. The van der Waals surface area contributed by atoms with Crippen LogP contribution in [0.2, 0.25) is 10.0 Å². The molecule has 0 aliphatic carbocycles. The van der Waals surface area contributed by atoms with Crippen molar-refractivity contribution >= 4 is 34.6 Å². The van der Waals surface area contributed by atoms with Gasteiger partial charge in [-0.3, -0.25) is 0 Å². The number of halogens is 3. The Labute approximate surface area is 121 Å². The standard InChI is InChI=1S/C14H13Cl2FN2/c1-19(8-9-2-4-10(17)5-3-9)14-7-12(16)11(15)6-13(14)18/h2-7H,8,18H2,1H3. The molecule has 0 fully saturated rings. The summed E-state index contributed by atoms with van der Waals surface area (Å²) >= 11 is 11.9. The van der Waals surface area contributed by atoms with Gasteiger partial charge < -0.3 is 10.6 Å². The monoisotopic (exact) mass is 298 g/mol. The lowest BCUT2D eigenvalue weighted by Crippen LogP contribution is -2.17. The number of hydrogen-bond donors (Lipinski definition) is 1. The highest BCUT2D eigenvalue weighted by Gasteiger charge is 2.10. The Morgan fingerprint density at radius 3 is 2.32 bits per heavy atom. The summed E-state index contributed by atoms with van der Waals surface area (Å²) in [7, 11) is 1.89. The molecular weight excluding hydrogens is 286 g/mol. The number of nitrogens with zero attached hydrogens (tertiary/aromatic N) is 1. The zero-order valence-corrected chi connectivity index (χ0v) is 11.8. The average molecular weight is 299 g/mol. The van der Waals surface area contributed by atoms with Crippen LogP contribution in [0.5, 0.6) is 0 Å². The zero-order valence-electron chi connectivity index (χ0n) is 10.3. The fourth-order valence-corrected chi connectivity index (χ4v) is 2.16. The summed E-state index contributed by atoms with van der Waals surface area (Å²) in [5.41, 5.74) is 8.25. The van der Waals surface area contributed by atoms with E-state index in [-0.39, 0.29) is 5.82 Å². The van der Waals surface area contributed by atoms with Crippen LogP contribution in [-0.2, 0) is 6.54 Å². The fraction of sp³-hybridized carbons (Fsp3) is 0.143. The first kappa shape index (κ1) is 14.0. The van der Waals surface area contributed by atoms with Crippen molar-refractivity contribution in [3.8, 4) is 0 Å². The Kier molecular flexibility index (Phi) is 4.17. The van der Waals surface area contributed by atoms with Crippen LogP contribution >= 0.6 is 23.2 Å². The van der Waals surface area contributed by atoms with Crippen LogP contribution in [0.3, 0.4) is 0 Å². The molecule has 0 amide bonds. The van der Waals surface area contributed by atoms with Gasteiger partial charge in [0.2, 0.25) is 0 Å². The first-order valence-electron chi connectivity index (χ1n) is 5.67. The second-order valence-corrected chi connectivity index (χ2v) is 5.12. The highest BCUT2D eigenvalue weighted by Crippen LogP contribution is 2.33. The van der Waals surface area contributed by atoms with Gasteiger partial charge in [0, 0.05) is 13.6 Å². The highest BCUT2D eigenvalue weighted by atomic mass is 35.5. The molecule has 0 atom stereocenters. The van der Waals surface area contributed by atoms with Crippen molar-refractivity contribution in [3.05, 3.63) is 57.8 Å². The molecule has 2 nitrogen and oxygen atoms in total. The predicted molar refractivity (Wildman–Crippen MR) is 79.4 cm³/mol. The summed E-state index contributed by atoms with van der Waals surface area (Å²) < 4.78 is 12.8. The van der Waals surface area contributed by atoms with Gasteiger partial charge >= 0.3 is 0 Å². The van der Waals surface area contributed by atoms with Crippen LogP contribution in [0.15, 0.2) is 36.4 Å². The van der Waals surface area contributed by atoms with Gasteiger partial charge in [-0.15, -0.1) is 0 Å². The van der Waals surface area contributed by atoms with Crippen molar-refractivity contribution in [2.45, 2.75) is 6.54 Å². The van der Waals surface area contributed by atoms with Gasteiger partial charge in [0.15, 0.2) is 0 Å². The number of benzene rings is 2. The molecule has 2 rings (SSSR count). The Morgan fingerprint density at radius 2 is 1.68 bits per heavy atom. The lowest BCUT2D eigenvalue weighted by molar-refractivity contribution is 0.627. The molecule has 0 spiro atoms. The van der Waals surface area contributed by atoms with Gasteiger partial charge in [-0.2, -0.15) is 0 Å². The fourth-order valence-electron chi connectivity index (χ4n) is 1.83. The second kappa shape index (κ2) is 5.68. The zero-order chi connectivity index (χ0) is 14.0. The minimum Gasteiger partial charge on any atom is -0.397 e. The second-order valence-electron chi connectivity index (χ2n) is 4.31. The van der Waals surface area contributed by atoms with E-state index in [1.165, 1.54) is 12.1 Å². The quantitative estimate of drug-likeness (QED) is 0.854. The molecule has 5 heteroatoms. The number of nitrogens with two attached hydrogens (primary N) is 1. The van der Waals surface area contributed by atoms with Crippen molar-refractivity contribution in [2.24, 2.45) is 0 Å². The van der Waals surface area contributed by atoms with E-state index < -0.39 is 0 Å². The molecule has 2 aromatic rings. The van der Waals surface area contributed by atoms with E-state index in [2.05, 4.69) is 0 Å². The van der Waals surface area contributed by atoms with Crippen LogP contribution in [0.25, 0.3) is 0 Å². The normalized spacial score (nSPS) is 10.5. The van der Waals surface area contributed by atoms with E-state index in [0.717, 1.165) is 11.3 Å². The molecule has 0 unspecified atom stereocenters. The minimum absolute atomic E-state index is 0.250. The molecule has 2 aromatic carbocycles. The van der Waals surface area contributed by atoms with Gasteiger partial charge in [0.1, 0.15) is 5.82 Å². The lowest BCUT2D eigenvalue weighted by atomic mass is 10.2. The van der Waals surface area contributed by atoms with E-state index in [1.54, 1.807) is 24.3 Å². The molecule has 0 bridgehead atoms. The van der Waals surface area contributed by atoms with Crippen molar-refractivity contribution in [1.82, 2.24) is 0 Å². The summed E-state index contributed by atoms with van der Waals surface area (Å²) in [5, 5.41) is 0.884. The van der Waals surface area contributed by atoms with E-state index in [9.17, 15) is 4.39 Å². The maximum absolute atomic E-state index is 12.8. The van der Waals surface area contributed by atoms with Crippen LogP contribution in [0, 0.1) is 5.82 Å². The summed E-state index contributed by atoms with van der Waals surface area (Å²) in [6.45, 7) is 0.600. The minimum atomic E-state index is -0.250. The first-order chi connectivity index (χ1) is 8.97. The topological polar surface area (TPSA) is 29.3 Å². The Morgan fingerprint density at radius 1 is 1.11 bits per heavy atom. The molecule has 0 saturated heterocycles. The maximum Gasteiger partial charge on any atom is 0.123 e. The van der Waals surface area contributed by atoms with E-state index >= 15 is 0 Å². The third-order valence-electron chi connectivity index (χ3n) is 2.81. The molecule has 0 aliphatic heterocycles. The molecule has 0 aliphatic rings. The Balaban J connectivity index is 2.22. The molecule has 19 heavy (non-hydrogen) atoms. The van der Waals surface area contributed by atoms with Crippen molar-refractivity contribution < 1.29 is 4.39 Å². The highest BCUT2D eigenvalue weighted by molar-refractivity contribution is 6.42. The number of hydrogen-bond acceptors (Lipinski definition) is 2. The van der Waals surface area contributed by atoms with E-state index in [0.29, 0.717) is 22.3 Å². The van der Waals surface area contributed by atoms with E-state index in [4.69, 9.17) is 28.9 Å². The summed E-state index contributed by atoms with van der Waals surface area (Å²) in [6.07, 6.45) is 0. The maximum atomic E-state index is 12.8. The van der Waals surface area contributed by atoms with Crippen LogP contribution in [-0.4, -0.2) is 7.05 Å². The van der Waals surface area contributed by atoms with Crippen molar-refractivity contribution in [3.63, 3.8) is 0 Å².